The van der Waals surface area contributed by atoms with Gasteiger partial charge >= 0.3 is 0 Å². The lowest BCUT2D eigenvalue weighted by Crippen LogP contribution is -2.29. The molecule has 4 aromatic rings. The quantitative estimate of drug-likeness (QED) is 0.289. The second-order valence-electron chi connectivity index (χ2n) is 9.13. The molecule has 0 aliphatic carbocycles. The summed E-state index contributed by atoms with van der Waals surface area (Å²) in [5.74, 6) is 1.54. The molecule has 0 radical (unpaired) electrons. The number of ether oxygens (including phenoxy) is 2. The summed E-state index contributed by atoms with van der Waals surface area (Å²) in [5, 5.41) is 4.25. The molecule has 2 aromatic heterocycles. The van der Waals surface area contributed by atoms with Gasteiger partial charge in [-0.2, -0.15) is 0 Å². The fraction of sp³-hybridized carbons (Fsp3) is 0.214. The Hall–Kier alpha value is -3.36. The first-order valence-corrected chi connectivity index (χ1v) is 13.0. The van der Waals surface area contributed by atoms with E-state index in [1.807, 2.05) is 30.5 Å². The highest BCUT2D eigenvalue weighted by molar-refractivity contribution is 9.10. The summed E-state index contributed by atoms with van der Waals surface area (Å²) < 4.78 is 14.5. The Morgan fingerprint density at radius 1 is 0.972 bits per heavy atom. The molecule has 0 unspecified atom stereocenters. The standard InChI is InChI=1S/C28H25BrN4O2S/c1-16-12-19(7-9-22(16)29)33-27(26(31-28(33)36)23-6-4-5-11-30-23)21-13-17(2)32(18(21)3)20-8-10-24-25(14-20)35-15-34-24/h4-14,26-27H,15H2,1-3H3,(H,31,36)/t26-,27-/m0/s1. The van der Waals surface area contributed by atoms with Crippen LogP contribution in [0.4, 0.5) is 5.69 Å². The Kier molecular flexibility index (Phi) is 5.73. The van der Waals surface area contributed by atoms with Crippen LogP contribution in [0.1, 0.15) is 40.3 Å². The lowest BCUT2D eigenvalue weighted by molar-refractivity contribution is 0.174. The van der Waals surface area contributed by atoms with Crippen LogP contribution in [0.2, 0.25) is 0 Å². The maximum Gasteiger partial charge on any atom is 0.231 e. The van der Waals surface area contributed by atoms with Crippen LogP contribution >= 0.6 is 28.1 Å². The number of rotatable bonds is 4. The molecule has 0 bridgehead atoms. The van der Waals surface area contributed by atoms with Gasteiger partial charge in [0.2, 0.25) is 6.79 Å². The number of hydrogen-bond acceptors (Lipinski definition) is 4. The molecule has 6 rings (SSSR count). The van der Waals surface area contributed by atoms with Crippen LogP contribution in [-0.2, 0) is 0 Å². The van der Waals surface area contributed by atoms with Gasteiger partial charge in [-0.05, 0) is 92.6 Å². The van der Waals surface area contributed by atoms with Crippen LogP contribution in [0.25, 0.3) is 5.69 Å². The van der Waals surface area contributed by atoms with Gasteiger partial charge in [0, 0.05) is 39.5 Å². The van der Waals surface area contributed by atoms with E-state index >= 15 is 0 Å². The van der Waals surface area contributed by atoms with E-state index in [-0.39, 0.29) is 18.9 Å². The Morgan fingerprint density at radius 2 is 1.78 bits per heavy atom. The van der Waals surface area contributed by atoms with Gasteiger partial charge in [0.05, 0.1) is 17.8 Å². The van der Waals surface area contributed by atoms with Crippen molar-refractivity contribution in [1.29, 1.82) is 0 Å². The molecule has 36 heavy (non-hydrogen) atoms. The molecule has 6 nitrogen and oxygen atoms in total. The Morgan fingerprint density at radius 3 is 2.56 bits per heavy atom. The summed E-state index contributed by atoms with van der Waals surface area (Å²) in [7, 11) is 0. The van der Waals surface area contributed by atoms with Crippen molar-refractivity contribution in [2.24, 2.45) is 0 Å². The number of aromatic nitrogens is 2. The molecular weight excluding hydrogens is 536 g/mol. The smallest absolute Gasteiger partial charge is 0.231 e. The van der Waals surface area contributed by atoms with Gasteiger partial charge in [0.15, 0.2) is 16.6 Å². The molecule has 1 saturated heterocycles. The summed E-state index contributed by atoms with van der Waals surface area (Å²) in [6.45, 7) is 6.64. The van der Waals surface area contributed by atoms with Gasteiger partial charge in [0.1, 0.15) is 0 Å². The summed E-state index contributed by atoms with van der Waals surface area (Å²) in [4.78, 5) is 6.92. The van der Waals surface area contributed by atoms with E-state index in [1.54, 1.807) is 0 Å². The summed E-state index contributed by atoms with van der Waals surface area (Å²) in [6, 6.07) is 20.5. The number of thiocarbonyl (C=S) groups is 1. The minimum Gasteiger partial charge on any atom is -0.454 e. The van der Waals surface area contributed by atoms with Crippen molar-refractivity contribution in [2.45, 2.75) is 32.9 Å². The first kappa shape index (κ1) is 23.1. The third-order valence-corrected chi connectivity index (χ3v) is 8.13. The lowest BCUT2D eigenvalue weighted by Gasteiger charge is -2.28. The molecule has 0 saturated carbocycles. The van der Waals surface area contributed by atoms with Crippen molar-refractivity contribution in [3.05, 3.63) is 99.5 Å². The van der Waals surface area contributed by atoms with Crippen molar-refractivity contribution in [2.75, 3.05) is 11.7 Å². The molecular formula is C28H25BrN4O2S. The van der Waals surface area contributed by atoms with E-state index < -0.39 is 0 Å². The Balaban J connectivity index is 1.50. The second kappa shape index (κ2) is 8.94. The minimum atomic E-state index is -0.103. The van der Waals surface area contributed by atoms with E-state index in [4.69, 9.17) is 26.7 Å². The predicted octanol–water partition coefficient (Wildman–Crippen LogP) is 6.47. The zero-order valence-corrected chi connectivity index (χ0v) is 22.6. The molecule has 0 spiro atoms. The van der Waals surface area contributed by atoms with Gasteiger partial charge in [-0.15, -0.1) is 0 Å². The highest BCUT2D eigenvalue weighted by atomic mass is 79.9. The molecule has 2 aromatic carbocycles. The molecule has 8 heteroatoms. The van der Waals surface area contributed by atoms with Crippen molar-refractivity contribution in [1.82, 2.24) is 14.9 Å². The number of nitrogens with one attached hydrogen (secondary N) is 1. The molecule has 1 N–H and O–H groups in total. The number of halogens is 1. The summed E-state index contributed by atoms with van der Waals surface area (Å²) >= 11 is 9.56. The van der Waals surface area contributed by atoms with E-state index in [2.05, 4.69) is 87.9 Å². The first-order valence-electron chi connectivity index (χ1n) is 11.8. The van der Waals surface area contributed by atoms with Gasteiger partial charge < -0.3 is 24.3 Å². The van der Waals surface area contributed by atoms with Crippen LogP contribution in [0.15, 0.2) is 71.3 Å². The molecule has 0 amide bonds. The zero-order valence-electron chi connectivity index (χ0n) is 20.2. The SMILES string of the molecule is Cc1cc(N2C(=S)N[C@@H](c3ccccn3)[C@@H]2c2cc(C)n(-c3ccc4c(c3)OCO4)c2C)ccc1Br. The number of anilines is 1. The third-order valence-electron chi connectivity index (χ3n) is 6.92. The van der Waals surface area contributed by atoms with Crippen LogP contribution in [-0.4, -0.2) is 21.5 Å². The summed E-state index contributed by atoms with van der Waals surface area (Å²) in [5.41, 5.74) is 7.65. The van der Waals surface area contributed by atoms with Crippen LogP contribution in [0, 0.1) is 20.8 Å². The molecule has 182 valence electrons. The van der Waals surface area contributed by atoms with Crippen LogP contribution in [0.5, 0.6) is 11.5 Å². The van der Waals surface area contributed by atoms with E-state index in [0.29, 0.717) is 5.11 Å². The van der Waals surface area contributed by atoms with Gasteiger partial charge in [0.25, 0.3) is 0 Å². The zero-order chi connectivity index (χ0) is 25.0. The average Bonchev–Trinajstić information content (AvgIpc) is 3.56. The van der Waals surface area contributed by atoms with Crippen molar-refractivity contribution in [3.63, 3.8) is 0 Å². The number of aryl methyl sites for hydroxylation is 2. The first-order chi connectivity index (χ1) is 17.4. The topological polar surface area (TPSA) is 51.6 Å². The van der Waals surface area contributed by atoms with Crippen molar-refractivity contribution in [3.8, 4) is 17.2 Å². The molecule has 2 aliphatic rings. The highest BCUT2D eigenvalue weighted by Gasteiger charge is 2.42. The average molecular weight is 562 g/mol. The monoisotopic (exact) mass is 560 g/mol. The van der Waals surface area contributed by atoms with Crippen molar-refractivity contribution < 1.29 is 9.47 Å². The third kappa shape index (κ3) is 3.76. The van der Waals surface area contributed by atoms with Crippen molar-refractivity contribution >= 4 is 38.9 Å². The van der Waals surface area contributed by atoms with Gasteiger partial charge in [-0.3, -0.25) is 4.98 Å². The maximum atomic E-state index is 5.92. The highest BCUT2D eigenvalue weighted by Crippen LogP contribution is 2.44. The van der Waals surface area contributed by atoms with E-state index in [0.717, 1.165) is 50.0 Å². The number of nitrogens with zero attached hydrogens (tertiary/aromatic N) is 3. The fourth-order valence-electron chi connectivity index (χ4n) is 5.24. The number of benzene rings is 2. The van der Waals surface area contributed by atoms with Crippen LogP contribution in [0.3, 0.4) is 0 Å². The molecule has 2 aliphatic heterocycles. The number of hydrogen-bond donors (Lipinski definition) is 1. The predicted molar refractivity (Wildman–Crippen MR) is 148 cm³/mol. The Bertz CT molecular complexity index is 1490. The number of fused-ring (bicyclic) bond motifs is 1. The fourth-order valence-corrected chi connectivity index (χ4v) is 5.83. The molecule has 2 atom stereocenters. The normalized spacial score (nSPS) is 18.6. The maximum absolute atomic E-state index is 5.92. The lowest BCUT2D eigenvalue weighted by atomic mass is 9.96. The molecule has 1 fully saturated rings. The molecule has 4 heterocycles. The largest absolute Gasteiger partial charge is 0.454 e. The van der Waals surface area contributed by atoms with E-state index in [9.17, 15) is 0 Å². The number of pyridine rings is 1. The Labute approximate surface area is 224 Å². The van der Waals surface area contributed by atoms with Gasteiger partial charge in [-0.1, -0.05) is 22.0 Å². The minimum absolute atomic E-state index is 0.0815. The van der Waals surface area contributed by atoms with Crippen LogP contribution < -0.4 is 19.7 Å². The van der Waals surface area contributed by atoms with Gasteiger partial charge in [-0.25, -0.2) is 0 Å². The van der Waals surface area contributed by atoms with E-state index in [1.165, 1.54) is 5.56 Å². The second-order valence-corrected chi connectivity index (χ2v) is 10.4. The summed E-state index contributed by atoms with van der Waals surface area (Å²) in [6.07, 6.45) is 1.83.